The van der Waals surface area contributed by atoms with Crippen molar-refractivity contribution in [1.82, 2.24) is 24.6 Å². The highest BCUT2D eigenvalue weighted by molar-refractivity contribution is 5.80. The molecule has 0 aliphatic carbocycles. The molecule has 2 aromatic rings. The van der Waals surface area contributed by atoms with Crippen molar-refractivity contribution in [2.45, 2.75) is 19.4 Å². The van der Waals surface area contributed by atoms with Gasteiger partial charge in [0.2, 0.25) is 5.91 Å². The van der Waals surface area contributed by atoms with Gasteiger partial charge < -0.3 is 9.80 Å². The van der Waals surface area contributed by atoms with E-state index in [-0.39, 0.29) is 11.9 Å². The fourth-order valence-electron chi connectivity index (χ4n) is 2.76. The topological polar surface area (TPSA) is 67.2 Å². The third kappa shape index (κ3) is 2.93. The lowest BCUT2D eigenvalue weighted by Crippen LogP contribution is -2.50. The minimum atomic E-state index is -0.210. The van der Waals surface area contributed by atoms with E-state index in [9.17, 15) is 4.79 Å². The molecule has 7 heteroatoms. The molecule has 2 aromatic heterocycles. The molecule has 3 heterocycles. The molecule has 0 saturated carbocycles. The van der Waals surface area contributed by atoms with Crippen molar-refractivity contribution in [2.24, 2.45) is 0 Å². The SMILES string of the molecule is CC[C@H](C(=O)N1CCN(c2cnccn2)CC1)n1cccn1. The Hall–Kier alpha value is -2.44. The van der Waals surface area contributed by atoms with Gasteiger partial charge >= 0.3 is 0 Å². The van der Waals surface area contributed by atoms with E-state index < -0.39 is 0 Å². The van der Waals surface area contributed by atoms with Crippen LogP contribution in [0, 0.1) is 0 Å². The van der Waals surface area contributed by atoms with Gasteiger partial charge in [-0.25, -0.2) is 4.98 Å². The van der Waals surface area contributed by atoms with Gasteiger partial charge in [-0.05, 0) is 12.5 Å². The average Bonchev–Trinajstić information content (AvgIpc) is 3.11. The third-order valence-corrected chi connectivity index (χ3v) is 3.98. The number of anilines is 1. The lowest BCUT2D eigenvalue weighted by Gasteiger charge is -2.36. The highest BCUT2D eigenvalue weighted by atomic mass is 16.2. The zero-order chi connectivity index (χ0) is 15.4. The van der Waals surface area contributed by atoms with Crippen LogP contribution in [0.4, 0.5) is 5.82 Å². The van der Waals surface area contributed by atoms with Gasteiger partial charge in [0.1, 0.15) is 11.9 Å². The Bertz CT molecular complexity index is 592. The van der Waals surface area contributed by atoms with Crippen molar-refractivity contribution < 1.29 is 4.79 Å². The van der Waals surface area contributed by atoms with Crippen LogP contribution in [0.1, 0.15) is 19.4 Å². The zero-order valence-corrected chi connectivity index (χ0v) is 12.7. The Kier molecular flexibility index (Phi) is 4.32. The predicted octanol–water partition coefficient (Wildman–Crippen LogP) is 0.973. The van der Waals surface area contributed by atoms with E-state index >= 15 is 0 Å². The van der Waals surface area contributed by atoms with E-state index in [1.165, 1.54) is 0 Å². The van der Waals surface area contributed by atoms with E-state index in [1.807, 2.05) is 24.1 Å². The molecule has 0 aromatic carbocycles. The summed E-state index contributed by atoms with van der Waals surface area (Å²) in [6.07, 6.45) is 9.42. The maximum absolute atomic E-state index is 12.7. The molecule has 1 aliphatic rings. The molecule has 0 unspecified atom stereocenters. The first-order valence-corrected chi connectivity index (χ1v) is 7.58. The van der Waals surface area contributed by atoms with Crippen molar-refractivity contribution in [1.29, 1.82) is 0 Å². The Labute approximate surface area is 129 Å². The Morgan fingerprint density at radius 1 is 1.23 bits per heavy atom. The van der Waals surface area contributed by atoms with Gasteiger partial charge in [-0.3, -0.25) is 14.5 Å². The second-order valence-corrected chi connectivity index (χ2v) is 5.29. The molecular weight excluding hydrogens is 280 g/mol. The van der Waals surface area contributed by atoms with Crippen LogP contribution in [0.15, 0.2) is 37.1 Å². The maximum Gasteiger partial charge on any atom is 0.247 e. The van der Waals surface area contributed by atoms with Crippen LogP contribution < -0.4 is 4.90 Å². The Morgan fingerprint density at radius 2 is 2.05 bits per heavy atom. The highest BCUT2D eigenvalue weighted by Gasteiger charge is 2.28. The Balaban J connectivity index is 1.62. The van der Waals surface area contributed by atoms with Crippen LogP contribution in [0.2, 0.25) is 0 Å². The molecular formula is C15H20N6O. The zero-order valence-electron chi connectivity index (χ0n) is 12.7. The molecule has 1 saturated heterocycles. The van der Waals surface area contributed by atoms with Crippen LogP contribution in [0.5, 0.6) is 0 Å². The van der Waals surface area contributed by atoms with E-state index in [0.717, 1.165) is 25.3 Å². The highest BCUT2D eigenvalue weighted by Crippen LogP contribution is 2.17. The first-order chi connectivity index (χ1) is 10.8. The maximum atomic E-state index is 12.7. The molecule has 116 valence electrons. The van der Waals surface area contributed by atoms with Gasteiger partial charge in [-0.15, -0.1) is 0 Å². The van der Waals surface area contributed by atoms with E-state index in [2.05, 4.69) is 20.0 Å². The summed E-state index contributed by atoms with van der Waals surface area (Å²) in [5.74, 6) is 1.01. The van der Waals surface area contributed by atoms with Crippen LogP contribution in [-0.4, -0.2) is 56.7 Å². The summed E-state index contributed by atoms with van der Waals surface area (Å²) in [7, 11) is 0. The summed E-state index contributed by atoms with van der Waals surface area (Å²) in [4.78, 5) is 25.2. The van der Waals surface area contributed by atoms with Crippen molar-refractivity contribution in [3.63, 3.8) is 0 Å². The van der Waals surface area contributed by atoms with Crippen LogP contribution in [-0.2, 0) is 4.79 Å². The van der Waals surface area contributed by atoms with Gasteiger partial charge in [-0.2, -0.15) is 5.10 Å². The van der Waals surface area contributed by atoms with Crippen LogP contribution in [0.3, 0.4) is 0 Å². The lowest BCUT2D eigenvalue weighted by atomic mass is 10.2. The fraction of sp³-hybridized carbons (Fsp3) is 0.467. The predicted molar refractivity (Wildman–Crippen MR) is 82.4 cm³/mol. The van der Waals surface area contributed by atoms with E-state index in [4.69, 9.17) is 0 Å². The quantitative estimate of drug-likeness (QED) is 0.842. The van der Waals surface area contributed by atoms with E-state index in [1.54, 1.807) is 29.5 Å². The molecule has 1 atom stereocenters. The number of nitrogens with zero attached hydrogens (tertiary/aromatic N) is 6. The molecule has 1 aliphatic heterocycles. The molecule has 1 fully saturated rings. The number of hydrogen-bond donors (Lipinski definition) is 0. The van der Waals surface area contributed by atoms with Gasteiger partial charge in [0, 0.05) is 51.0 Å². The monoisotopic (exact) mass is 300 g/mol. The first kappa shape index (κ1) is 14.5. The summed E-state index contributed by atoms with van der Waals surface area (Å²) in [5.41, 5.74) is 0. The number of piperazine rings is 1. The first-order valence-electron chi connectivity index (χ1n) is 7.58. The molecule has 7 nitrogen and oxygen atoms in total. The Morgan fingerprint density at radius 3 is 2.64 bits per heavy atom. The van der Waals surface area contributed by atoms with Crippen molar-refractivity contribution in [3.05, 3.63) is 37.1 Å². The number of hydrogen-bond acceptors (Lipinski definition) is 5. The smallest absolute Gasteiger partial charge is 0.247 e. The minimum absolute atomic E-state index is 0.144. The van der Waals surface area contributed by atoms with Gasteiger partial charge in [0.15, 0.2) is 0 Å². The number of amides is 1. The van der Waals surface area contributed by atoms with Gasteiger partial charge in [-0.1, -0.05) is 6.92 Å². The summed E-state index contributed by atoms with van der Waals surface area (Å²) in [6, 6.07) is 1.64. The van der Waals surface area contributed by atoms with Crippen LogP contribution in [0.25, 0.3) is 0 Å². The van der Waals surface area contributed by atoms with Crippen molar-refractivity contribution in [2.75, 3.05) is 31.1 Å². The van der Waals surface area contributed by atoms with Gasteiger partial charge in [0.25, 0.3) is 0 Å². The van der Waals surface area contributed by atoms with Crippen LogP contribution >= 0.6 is 0 Å². The van der Waals surface area contributed by atoms with E-state index in [0.29, 0.717) is 13.1 Å². The number of carbonyl (C=O) groups excluding carboxylic acids is 1. The number of rotatable bonds is 4. The molecule has 0 spiro atoms. The molecule has 22 heavy (non-hydrogen) atoms. The number of aromatic nitrogens is 4. The third-order valence-electron chi connectivity index (χ3n) is 3.98. The summed E-state index contributed by atoms with van der Waals surface area (Å²) < 4.78 is 1.75. The summed E-state index contributed by atoms with van der Waals surface area (Å²) in [5, 5.41) is 4.21. The molecule has 0 radical (unpaired) electrons. The second kappa shape index (κ2) is 6.55. The summed E-state index contributed by atoms with van der Waals surface area (Å²) >= 11 is 0. The standard InChI is InChI=1S/C15H20N6O/c1-2-13(21-7-3-4-18-21)15(22)20-10-8-19(9-11-20)14-12-16-5-6-17-14/h3-7,12-13H,2,8-11H2,1H3/t13-/m1/s1. The second-order valence-electron chi connectivity index (χ2n) is 5.29. The molecule has 1 amide bonds. The minimum Gasteiger partial charge on any atom is -0.352 e. The largest absolute Gasteiger partial charge is 0.352 e. The van der Waals surface area contributed by atoms with Crippen molar-refractivity contribution >= 4 is 11.7 Å². The normalized spacial score (nSPS) is 16.6. The molecule has 3 rings (SSSR count). The fourth-order valence-corrected chi connectivity index (χ4v) is 2.76. The molecule has 0 N–H and O–H groups in total. The van der Waals surface area contributed by atoms with Gasteiger partial charge in [0.05, 0.1) is 6.20 Å². The summed E-state index contributed by atoms with van der Waals surface area (Å²) in [6.45, 7) is 4.97. The average molecular weight is 300 g/mol. The van der Waals surface area contributed by atoms with Crippen molar-refractivity contribution in [3.8, 4) is 0 Å². The number of carbonyl (C=O) groups is 1. The molecule has 0 bridgehead atoms. The lowest BCUT2D eigenvalue weighted by molar-refractivity contribution is -0.135.